The second-order valence-corrected chi connectivity index (χ2v) is 5.38. The van der Waals surface area contributed by atoms with Gasteiger partial charge in [0.05, 0.1) is 30.3 Å². The van der Waals surface area contributed by atoms with E-state index >= 15 is 0 Å². The first-order valence-corrected chi connectivity index (χ1v) is 7.27. The van der Waals surface area contributed by atoms with Gasteiger partial charge in [0, 0.05) is 6.54 Å². The van der Waals surface area contributed by atoms with Crippen molar-refractivity contribution in [2.45, 2.75) is 32.4 Å². The van der Waals surface area contributed by atoms with Gasteiger partial charge in [-0.1, -0.05) is 11.4 Å². The molecule has 0 bridgehead atoms. The van der Waals surface area contributed by atoms with Crippen LogP contribution in [0, 0.1) is 0 Å². The lowest BCUT2D eigenvalue weighted by atomic mass is 10.2. The van der Waals surface area contributed by atoms with Crippen LogP contribution in [-0.4, -0.2) is 51.6 Å². The Balaban J connectivity index is 2.16. The predicted molar refractivity (Wildman–Crippen MR) is 70.2 cm³/mol. The summed E-state index contributed by atoms with van der Waals surface area (Å²) in [6.45, 7) is 5.00. The summed E-state index contributed by atoms with van der Waals surface area (Å²) in [5.74, 6) is 0.394. The second-order valence-electron chi connectivity index (χ2n) is 4.32. The maximum Gasteiger partial charge on any atom is 0.267 e. The van der Waals surface area contributed by atoms with Gasteiger partial charge in [-0.15, -0.1) is 16.7 Å². The van der Waals surface area contributed by atoms with Gasteiger partial charge in [-0.2, -0.15) is 0 Å². The van der Waals surface area contributed by atoms with Crippen molar-refractivity contribution in [1.29, 1.82) is 0 Å². The van der Waals surface area contributed by atoms with Gasteiger partial charge in [0.1, 0.15) is 4.88 Å². The number of carbonyl (C=O) groups is 1. The first-order chi connectivity index (χ1) is 8.67. The first-order valence-electron chi connectivity index (χ1n) is 5.97. The van der Waals surface area contributed by atoms with Crippen LogP contribution < -0.4 is 0 Å². The number of hydrogen-bond donors (Lipinski definition) is 0. The van der Waals surface area contributed by atoms with Crippen molar-refractivity contribution >= 4 is 29.0 Å². The molecule has 1 aromatic heterocycles. The van der Waals surface area contributed by atoms with Crippen LogP contribution in [0.5, 0.6) is 0 Å². The lowest BCUT2D eigenvalue weighted by Crippen LogP contribution is -2.51. The average molecular weight is 290 g/mol. The van der Waals surface area contributed by atoms with E-state index in [1.807, 2.05) is 18.7 Å². The number of carbonyl (C=O) groups excluding carboxylic acids is 1. The van der Waals surface area contributed by atoms with Gasteiger partial charge < -0.3 is 9.64 Å². The number of morpholine rings is 1. The standard InChI is InChI=1S/C11H16ClN3O2S/c1-3-9-10(18-14-13-9)11(16)15-5-8(4-12)17-6-7(15)2/h7-8H,3-6H2,1-2H3. The number of aryl methyl sites for hydroxylation is 1. The Hall–Kier alpha value is -0.720. The van der Waals surface area contributed by atoms with Crippen molar-refractivity contribution in [2.75, 3.05) is 19.0 Å². The third-order valence-electron chi connectivity index (χ3n) is 3.02. The molecule has 2 unspecified atom stereocenters. The summed E-state index contributed by atoms with van der Waals surface area (Å²) in [6, 6.07) is 0.0590. The average Bonchev–Trinajstić information content (AvgIpc) is 2.86. The molecule has 5 nitrogen and oxygen atoms in total. The normalized spacial score (nSPS) is 24.3. The van der Waals surface area contributed by atoms with E-state index in [2.05, 4.69) is 9.59 Å². The Morgan fingerprint density at radius 1 is 1.67 bits per heavy atom. The molecule has 0 aliphatic carbocycles. The Bertz CT molecular complexity index is 426. The van der Waals surface area contributed by atoms with Crippen molar-refractivity contribution in [3.05, 3.63) is 10.6 Å². The molecule has 0 N–H and O–H groups in total. The Morgan fingerprint density at radius 2 is 2.44 bits per heavy atom. The largest absolute Gasteiger partial charge is 0.373 e. The highest BCUT2D eigenvalue weighted by Crippen LogP contribution is 2.20. The van der Waals surface area contributed by atoms with Crippen LogP contribution in [0.15, 0.2) is 0 Å². The summed E-state index contributed by atoms with van der Waals surface area (Å²) in [7, 11) is 0. The van der Waals surface area contributed by atoms with E-state index in [0.29, 0.717) is 23.9 Å². The van der Waals surface area contributed by atoms with Crippen molar-refractivity contribution < 1.29 is 9.53 Å². The molecule has 2 heterocycles. The molecule has 0 spiro atoms. The molecule has 1 aromatic rings. The molecule has 18 heavy (non-hydrogen) atoms. The zero-order valence-electron chi connectivity index (χ0n) is 10.4. The zero-order valence-corrected chi connectivity index (χ0v) is 12.0. The van der Waals surface area contributed by atoms with Crippen molar-refractivity contribution in [3.63, 3.8) is 0 Å². The molecule has 7 heteroatoms. The third-order valence-corrected chi connectivity index (χ3v) is 4.12. The van der Waals surface area contributed by atoms with Gasteiger partial charge in [0.25, 0.3) is 5.91 Å². The van der Waals surface area contributed by atoms with E-state index in [1.54, 1.807) is 0 Å². The summed E-state index contributed by atoms with van der Waals surface area (Å²) in [5, 5.41) is 3.98. The molecule has 1 fully saturated rings. The van der Waals surface area contributed by atoms with Gasteiger partial charge >= 0.3 is 0 Å². The first kappa shape index (κ1) is 13.7. The highest BCUT2D eigenvalue weighted by Gasteiger charge is 2.31. The quantitative estimate of drug-likeness (QED) is 0.793. The van der Waals surface area contributed by atoms with Crippen molar-refractivity contribution in [2.24, 2.45) is 0 Å². The zero-order chi connectivity index (χ0) is 13.1. The fourth-order valence-corrected chi connectivity index (χ4v) is 2.82. The fraction of sp³-hybridized carbons (Fsp3) is 0.727. The minimum atomic E-state index is -0.0854. The molecular formula is C11H16ClN3O2S. The van der Waals surface area contributed by atoms with Gasteiger partial charge in [-0.3, -0.25) is 4.79 Å². The van der Waals surface area contributed by atoms with Crippen LogP contribution in [0.4, 0.5) is 0 Å². The molecular weight excluding hydrogens is 274 g/mol. The number of halogens is 1. The second kappa shape index (κ2) is 5.95. The minimum Gasteiger partial charge on any atom is -0.373 e. The molecule has 1 aliphatic rings. The van der Waals surface area contributed by atoms with Crippen LogP contribution in [0.1, 0.15) is 29.2 Å². The lowest BCUT2D eigenvalue weighted by molar-refractivity contribution is -0.0370. The summed E-state index contributed by atoms with van der Waals surface area (Å²) in [4.78, 5) is 14.9. The van der Waals surface area contributed by atoms with Crippen molar-refractivity contribution in [1.82, 2.24) is 14.5 Å². The molecule has 2 atom stereocenters. The highest BCUT2D eigenvalue weighted by molar-refractivity contribution is 7.08. The number of rotatable bonds is 3. The smallest absolute Gasteiger partial charge is 0.267 e. The summed E-state index contributed by atoms with van der Waals surface area (Å²) < 4.78 is 9.40. The lowest BCUT2D eigenvalue weighted by Gasteiger charge is -2.37. The third kappa shape index (κ3) is 2.65. The number of alkyl halides is 1. The molecule has 2 rings (SSSR count). The molecule has 0 aromatic carbocycles. The number of hydrogen-bond acceptors (Lipinski definition) is 5. The van der Waals surface area contributed by atoms with E-state index in [-0.39, 0.29) is 18.1 Å². The Labute approximate surface area is 115 Å². The maximum absolute atomic E-state index is 12.5. The van der Waals surface area contributed by atoms with Crippen LogP contribution in [-0.2, 0) is 11.2 Å². The Kier molecular flexibility index (Phi) is 4.53. The maximum atomic E-state index is 12.5. The minimum absolute atomic E-state index is 0.00670. The van der Waals surface area contributed by atoms with E-state index in [0.717, 1.165) is 23.6 Å². The van der Waals surface area contributed by atoms with Crippen LogP contribution >= 0.6 is 23.1 Å². The fourth-order valence-electron chi connectivity index (χ4n) is 1.93. The van der Waals surface area contributed by atoms with E-state index in [1.165, 1.54) is 0 Å². The molecule has 1 saturated heterocycles. The topological polar surface area (TPSA) is 55.3 Å². The van der Waals surface area contributed by atoms with E-state index in [4.69, 9.17) is 16.3 Å². The Morgan fingerprint density at radius 3 is 3.11 bits per heavy atom. The number of nitrogens with zero attached hydrogens (tertiary/aromatic N) is 3. The van der Waals surface area contributed by atoms with Gasteiger partial charge in [0.2, 0.25) is 0 Å². The highest BCUT2D eigenvalue weighted by atomic mass is 35.5. The molecule has 0 radical (unpaired) electrons. The van der Waals surface area contributed by atoms with E-state index in [9.17, 15) is 4.79 Å². The monoisotopic (exact) mass is 289 g/mol. The van der Waals surface area contributed by atoms with Crippen LogP contribution in [0.25, 0.3) is 0 Å². The number of aromatic nitrogens is 2. The van der Waals surface area contributed by atoms with Gasteiger partial charge in [0.15, 0.2) is 0 Å². The van der Waals surface area contributed by atoms with Gasteiger partial charge in [-0.05, 0) is 24.9 Å². The summed E-state index contributed by atoms with van der Waals surface area (Å²) >= 11 is 6.96. The molecule has 100 valence electrons. The summed E-state index contributed by atoms with van der Waals surface area (Å²) in [6.07, 6.45) is 0.632. The van der Waals surface area contributed by atoms with Crippen LogP contribution in [0.3, 0.4) is 0 Å². The SMILES string of the molecule is CCc1nnsc1C(=O)N1CC(CCl)OCC1C. The van der Waals surface area contributed by atoms with Gasteiger partial charge in [-0.25, -0.2) is 0 Å². The van der Waals surface area contributed by atoms with E-state index < -0.39 is 0 Å². The number of ether oxygens (including phenoxy) is 1. The molecule has 0 saturated carbocycles. The molecule has 1 aliphatic heterocycles. The molecule has 1 amide bonds. The van der Waals surface area contributed by atoms with Crippen molar-refractivity contribution in [3.8, 4) is 0 Å². The number of amides is 1. The summed E-state index contributed by atoms with van der Waals surface area (Å²) in [5.41, 5.74) is 0.770. The van der Waals surface area contributed by atoms with Crippen LogP contribution in [0.2, 0.25) is 0 Å². The predicted octanol–water partition coefficient (Wildman–Crippen LogP) is 1.57.